The van der Waals surface area contributed by atoms with Crippen LogP contribution in [0.4, 0.5) is 0 Å². The van der Waals surface area contributed by atoms with Crippen LogP contribution in [0.15, 0.2) is 10.6 Å². The molecular weight excluding hydrogens is 366 g/mol. The normalized spacial score (nSPS) is 22.7. The van der Waals surface area contributed by atoms with Crippen LogP contribution in [-0.4, -0.2) is 53.5 Å². The second-order valence-corrected chi connectivity index (χ2v) is 10.2. The first kappa shape index (κ1) is 18.4. The molecule has 8 heteroatoms. The molecule has 1 aliphatic heterocycles. The number of hydrogen-bond donors (Lipinski definition) is 0. The van der Waals surface area contributed by atoms with E-state index in [0.29, 0.717) is 42.0 Å². The average molecular weight is 391 g/mol. The highest BCUT2D eigenvalue weighted by Gasteiger charge is 2.32. The molecule has 0 bridgehead atoms. The minimum atomic E-state index is -3.14. The van der Waals surface area contributed by atoms with E-state index < -0.39 is 15.1 Å². The molecule has 2 aromatic rings. The molecular formula is C19H25N3O4S. The van der Waals surface area contributed by atoms with Crippen LogP contribution in [0.3, 0.4) is 0 Å². The summed E-state index contributed by atoms with van der Waals surface area (Å²) in [5.41, 5.74) is 2.60. The molecule has 146 valence electrons. The van der Waals surface area contributed by atoms with Gasteiger partial charge in [0, 0.05) is 24.7 Å². The van der Waals surface area contributed by atoms with Crippen LogP contribution in [-0.2, 0) is 16.3 Å². The first-order valence-electron chi connectivity index (χ1n) is 9.70. The summed E-state index contributed by atoms with van der Waals surface area (Å²) in [6, 6.07) is 1.88. The van der Waals surface area contributed by atoms with Crippen LogP contribution in [0.1, 0.15) is 67.2 Å². The summed E-state index contributed by atoms with van der Waals surface area (Å²) in [5.74, 6) is 0.245. The van der Waals surface area contributed by atoms with Crippen molar-refractivity contribution >= 4 is 26.8 Å². The number of aromatic nitrogens is 2. The number of pyridine rings is 1. The fourth-order valence-corrected chi connectivity index (χ4v) is 4.98. The number of carbonyl (C=O) groups excluding carboxylic acids is 1. The molecule has 1 aliphatic carbocycles. The van der Waals surface area contributed by atoms with Gasteiger partial charge in [-0.3, -0.25) is 4.79 Å². The molecule has 1 saturated carbocycles. The van der Waals surface area contributed by atoms with E-state index in [9.17, 15) is 13.2 Å². The molecule has 0 N–H and O–H groups in total. The molecule has 3 heterocycles. The SMILES string of the molecule is CCCc1noc2nc(C3CC3)cc(C(=O)N3CCC(C)S(=O)(=O)CC3)c12. The Morgan fingerprint density at radius 1 is 1.30 bits per heavy atom. The van der Waals surface area contributed by atoms with Gasteiger partial charge in [0.2, 0.25) is 0 Å². The lowest BCUT2D eigenvalue weighted by atomic mass is 10.0. The zero-order valence-electron chi connectivity index (χ0n) is 15.8. The molecule has 4 rings (SSSR count). The molecule has 1 saturated heterocycles. The Morgan fingerprint density at radius 2 is 2.07 bits per heavy atom. The zero-order valence-corrected chi connectivity index (χ0v) is 16.6. The predicted molar refractivity (Wildman–Crippen MR) is 102 cm³/mol. The third-order valence-corrected chi connectivity index (χ3v) is 7.81. The maximum atomic E-state index is 13.4. The van der Waals surface area contributed by atoms with Crippen molar-refractivity contribution in [3.05, 3.63) is 23.0 Å². The van der Waals surface area contributed by atoms with Gasteiger partial charge in [-0.15, -0.1) is 0 Å². The number of hydrogen-bond acceptors (Lipinski definition) is 6. The topological polar surface area (TPSA) is 93.4 Å². The molecule has 2 aromatic heterocycles. The van der Waals surface area contributed by atoms with Gasteiger partial charge < -0.3 is 9.42 Å². The monoisotopic (exact) mass is 391 g/mol. The van der Waals surface area contributed by atoms with Crippen molar-refractivity contribution in [3.63, 3.8) is 0 Å². The number of nitrogens with zero attached hydrogens (tertiary/aromatic N) is 3. The first-order valence-corrected chi connectivity index (χ1v) is 11.4. The fourth-order valence-electron chi connectivity index (χ4n) is 3.64. The van der Waals surface area contributed by atoms with Gasteiger partial charge >= 0.3 is 0 Å². The molecule has 0 radical (unpaired) electrons. The molecule has 2 aliphatic rings. The van der Waals surface area contributed by atoms with Crippen molar-refractivity contribution < 1.29 is 17.7 Å². The van der Waals surface area contributed by atoms with Crippen molar-refractivity contribution in [1.82, 2.24) is 15.0 Å². The number of sulfone groups is 1. The smallest absolute Gasteiger partial charge is 0.259 e. The van der Waals surface area contributed by atoms with Crippen molar-refractivity contribution in [3.8, 4) is 0 Å². The Morgan fingerprint density at radius 3 is 2.78 bits per heavy atom. The number of rotatable bonds is 4. The second kappa shape index (κ2) is 6.89. The number of fused-ring (bicyclic) bond motifs is 1. The predicted octanol–water partition coefficient (Wildman–Crippen LogP) is 2.70. The van der Waals surface area contributed by atoms with E-state index in [4.69, 9.17) is 4.52 Å². The van der Waals surface area contributed by atoms with Crippen LogP contribution in [0.5, 0.6) is 0 Å². The number of aryl methyl sites for hydroxylation is 1. The van der Waals surface area contributed by atoms with E-state index in [1.807, 2.05) is 6.07 Å². The second-order valence-electron chi connectivity index (χ2n) is 7.69. The zero-order chi connectivity index (χ0) is 19.2. The van der Waals surface area contributed by atoms with Gasteiger partial charge in [0.05, 0.1) is 27.6 Å². The Bertz CT molecular complexity index is 978. The van der Waals surface area contributed by atoms with Crippen molar-refractivity contribution in [1.29, 1.82) is 0 Å². The summed E-state index contributed by atoms with van der Waals surface area (Å²) >= 11 is 0. The highest BCUT2D eigenvalue weighted by atomic mass is 32.2. The average Bonchev–Trinajstić information content (AvgIpc) is 3.43. The van der Waals surface area contributed by atoms with Gasteiger partial charge in [0.25, 0.3) is 11.6 Å². The Balaban J connectivity index is 1.74. The summed E-state index contributed by atoms with van der Waals surface area (Å²) in [5, 5.41) is 4.41. The van der Waals surface area contributed by atoms with Crippen molar-refractivity contribution in [2.24, 2.45) is 0 Å². The summed E-state index contributed by atoms with van der Waals surface area (Å²) < 4.78 is 29.8. The Labute approximate surface area is 159 Å². The Hall–Kier alpha value is -1.96. The first-order chi connectivity index (χ1) is 12.9. The maximum Gasteiger partial charge on any atom is 0.259 e. The fraction of sp³-hybridized carbons (Fsp3) is 0.632. The van der Waals surface area contributed by atoms with E-state index in [0.717, 1.165) is 30.7 Å². The van der Waals surface area contributed by atoms with E-state index >= 15 is 0 Å². The van der Waals surface area contributed by atoms with Gasteiger partial charge in [0.15, 0.2) is 9.84 Å². The van der Waals surface area contributed by atoms with Crippen LogP contribution < -0.4 is 0 Å². The lowest BCUT2D eigenvalue weighted by Gasteiger charge is -2.20. The van der Waals surface area contributed by atoms with Crippen LogP contribution in [0.25, 0.3) is 11.1 Å². The number of carbonyl (C=O) groups is 1. The van der Waals surface area contributed by atoms with Crippen LogP contribution >= 0.6 is 0 Å². The summed E-state index contributed by atoms with van der Waals surface area (Å²) in [6.07, 6.45) is 4.20. The van der Waals surface area contributed by atoms with Gasteiger partial charge in [0.1, 0.15) is 0 Å². The minimum absolute atomic E-state index is 0.00900. The van der Waals surface area contributed by atoms with Gasteiger partial charge in [-0.25, -0.2) is 13.4 Å². The molecule has 1 atom stereocenters. The standard InChI is InChI=1S/C19H25N3O4S/c1-3-4-15-17-14(11-16(13-5-6-13)20-18(17)26-21-15)19(23)22-8-7-12(2)27(24,25)10-9-22/h11-13H,3-10H2,1-2H3. The third-order valence-electron chi connectivity index (χ3n) is 5.60. The molecule has 1 unspecified atom stereocenters. The van der Waals surface area contributed by atoms with Crippen LogP contribution in [0, 0.1) is 0 Å². The molecule has 0 aromatic carbocycles. The molecule has 0 spiro atoms. The quantitative estimate of drug-likeness (QED) is 0.795. The lowest BCUT2D eigenvalue weighted by Crippen LogP contribution is -2.34. The molecule has 7 nitrogen and oxygen atoms in total. The highest BCUT2D eigenvalue weighted by molar-refractivity contribution is 7.92. The highest BCUT2D eigenvalue weighted by Crippen LogP contribution is 2.40. The summed E-state index contributed by atoms with van der Waals surface area (Å²) in [6.45, 7) is 4.44. The minimum Gasteiger partial charge on any atom is -0.338 e. The third kappa shape index (κ3) is 3.47. The maximum absolute atomic E-state index is 13.4. The molecule has 2 fully saturated rings. The molecule has 27 heavy (non-hydrogen) atoms. The van der Waals surface area contributed by atoms with Crippen molar-refractivity contribution in [2.45, 2.75) is 57.1 Å². The van der Waals surface area contributed by atoms with Gasteiger partial charge in [-0.2, -0.15) is 0 Å². The van der Waals surface area contributed by atoms with E-state index in [-0.39, 0.29) is 18.2 Å². The largest absolute Gasteiger partial charge is 0.338 e. The van der Waals surface area contributed by atoms with Gasteiger partial charge in [-0.05, 0) is 38.7 Å². The molecule has 1 amide bonds. The van der Waals surface area contributed by atoms with E-state index in [1.165, 1.54) is 0 Å². The lowest BCUT2D eigenvalue weighted by molar-refractivity contribution is 0.0768. The Kier molecular flexibility index (Phi) is 4.70. The van der Waals surface area contributed by atoms with Crippen LogP contribution in [0.2, 0.25) is 0 Å². The van der Waals surface area contributed by atoms with E-state index in [1.54, 1.807) is 11.8 Å². The van der Waals surface area contributed by atoms with Crippen molar-refractivity contribution in [2.75, 3.05) is 18.8 Å². The number of amides is 1. The summed E-state index contributed by atoms with van der Waals surface area (Å²) in [4.78, 5) is 19.6. The van der Waals surface area contributed by atoms with E-state index in [2.05, 4.69) is 17.1 Å². The van der Waals surface area contributed by atoms with Gasteiger partial charge in [-0.1, -0.05) is 18.5 Å². The summed E-state index contributed by atoms with van der Waals surface area (Å²) in [7, 11) is -3.14.